The van der Waals surface area contributed by atoms with Crippen molar-refractivity contribution in [1.29, 1.82) is 0 Å². The molecule has 1 N–H and O–H groups in total. The van der Waals surface area contributed by atoms with E-state index in [4.69, 9.17) is 0 Å². The van der Waals surface area contributed by atoms with Crippen LogP contribution in [0.15, 0.2) is 53.6 Å². The first kappa shape index (κ1) is 25.4. The lowest BCUT2D eigenvalue weighted by molar-refractivity contribution is -0.119. The van der Waals surface area contributed by atoms with E-state index in [0.29, 0.717) is 16.8 Å². The molecule has 4 aliphatic rings. The highest BCUT2D eigenvalue weighted by atomic mass is 32.2. The lowest BCUT2D eigenvalue weighted by atomic mass is 9.48. The summed E-state index contributed by atoms with van der Waals surface area (Å²) >= 11 is 0. The smallest absolute Gasteiger partial charge is 0.337 e. The van der Waals surface area contributed by atoms with Crippen LogP contribution < -0.4 is 9.73 Å². The fraction of sp³-hybridized carbons (Fsp3) is 0.464. The van der Waals surface area contributed by atoms with Gasteiger partial charge in [0.2, 0.25) is 10.0 Å². The lowest BCUT2D eigenvalue weighted by Gasteiger charge is -2.57. The Kier molecular flexibility index (Phi) is 6.83. The van der Waals surface area contributed by atoms with E-state index >= 15 is 0 Å². The molecule has 0 atom stereocenters. The summed E-state index contributed by atoms with van der Waals surface area (Å²) in [6.07, 6.45) is 10.3. The quantitative estimate of drug-likeness (QED) is 0.321. The highest BCUT2D eigenvalue weighted by Gasteiger charge is 2.51. The number of ether oxygens (including phenoxy) is 1. The minimum Gasteiger partial charge on any atom is -0.465 e. The Balaban J connectivity index is 1.24. The van der Waals surface area contributed by atoms with E-state index in [0.717, 1.165) is 28.3 Å². The second-order valence-electron chi connectivity index (χ2n) is 10.9. The molecule has 4 aliphatic carbocycles. The number of esters is 1. The van der Waals surface area contributed by atoms with Crippen LogP contribution in [0.5, 0.6) is 0 Å². The van der Waals surface area contributed by atoms with Crippen LogP contribution in [0.2, 0.25) is 0 Å². The van der Waals surface area contributed by atoms with Crippen molar-refractivity contribution >= 4 is 33.8 Å². The minimum absolute atomic E-state index is 0.227. The molecule has 9 heteroatoms. The molecule has 8 nitrogen and oxygen atoms in total. The molecule has 6 rings (SSSR count). The third kappa shape index (κ3) is 5.42. The summed E-state index contributed by atoms with van der Waals surface area (Å²) in [6, 6.07) is 14.3. The number of carbonyl (C=O) groups is 2. The average molecular weight is 524 g/mol. The molecule has 37 heavy (non-hydrogen) atoms. The third-order valence-corrected chi connectivity index (χ3v) is 9.37. The van der Waals surface area contributed by atoms with E-state index in [2.05, 4.69) is 27.4 Å². The van der Waals surface area contributed by atoms with Gasteiger partial charge in [0.1, 0.15) is 6.54 Å². The summed E-state index contributed by atoms with van der Waals surface area (Å²) < 4.78 is 30.9. The number of methoxy groups -OCH3 is 1. The molecule has 2 aromatic rings. The zero-order chi connectivity index (χ0) is 26.2. The number of carbonyl (C=O) groups excluding carboxylic acids is 2. The molecule has 4 bridgehead atoms. The molecule has 0 saturated heterocycles. The van der Waals surface area contributed by atoms with Gasteiger partial charge in [-0.1, -0.05) is 24.3 Å². The number of nitrogens with one attached hydrogen (secondary N) is 1. The average Bonchev–Trinajstić information content (AvgIpc) is 2.86. The van der Waals surface area contributed by atoms with Crippen molar-refractivity contribution in [2.24, 2.45) is 22.9 Å². The number of hydrazone groups is 1. The highest BCUT2D eigenvalue weighted by molar-refractivity contribution is 7.92. The van der Waals surface area contributed by atoms with Gasteiger partial charge in [0.05, 0.1) is 30.8 Å². The molecular formula is C28H33N3O5S. The maximum Gasteiger partial charge on any atom is 0.337 e. The molecule has 4 saturated carbocycles. The summed E-state index contributed by atoms with van der Waals surface area (Å²) in [5.74, 6) is 1.48. The standard InChI is InChI=1S/C28H33N3O5S/c1-36-27(33)23-5-3-19(4-6-23)17-29-30-26(32)18-31(37(2,34)35)25-9-7-24(8-10-25)28-14-20-11-21(15-28)13-22(12-20)16-28/h3-10,17,20-22H,11-16,18H2,1-2H3,(H,30,32). The molecule has 0 aliphatic heterocycles. The van der Waals surface area contributed by atoms with Crippen LogP contribution in [0.3, 0.4) is 0 Å². The van der Waals surface area contributed by atoms with Crippen molar-refractivity contribution in [3.05, 3.63) is 65.2 Å². The van der Waals surface area contributed by atoms with Gasteiger partial charge in [0.25, 0.3) is 5.91 Å². The molecule has 0 aromatic heterocycles. The number of hydrogen-bond acceptors (Lipinski definition) is 6. The summed E-state index contributed by atoms with van der Waals surface area (Å²) in [4.78, 5) is 24.1. The Bertz CT molecular complexity index is 1270. The fourth-order valence-electron chi connectivity index (χ4n) is 7.01. The first-order valence-corrected chi connectivity index (χ1v) is 14.6. The van der Waals surface area contributed by atoms with Crippen molar-refractivity contribution < 1.29 is 22.7 Å². The molecule has 4 fully saturated rings. The number of rotatable bonds is 8. The van der Waals surface area contributed by atoms with E-state index in [1.54, 1.807) is 24.3 Å². The number of anilines is 1. The van der Waals surface area contributed by atoms with Gasteiger partial charge < -0.3 is 4.74 Å². The van der Waals surface area contributed by atoms with Gasteiger partial charge in [0.15, 0.2) is 0 Å². The molecule has 0 heterocycles. The first-order valence-electron chi connectivity index (χ1n) is 12.7. The van der Waals surface area contributed by atoms with E-state index in [9.17, 15) is 18.0 Å². The number of benzene rings is 2. The largest absolute Gasteiger partial charge is 0.465 e. The van der Waals surface area contributed by atoms with Gasteiger partial charge in [-0.05, 0) is 97.1 Å². The van der Waals surface area contributed by atoms with Crippen molar-refractivity contribution in [1.82, 2.24) is 5.43 Å². The summed E-state index contributed by atoms with van der Waals surface area (Å²) in [6.45, 7) is -0.381. The zero-order valence-electron chi connectivity index (χ0n) is 21.2. The maximum absolute atomic E-state index is 12.6. The van der Waals surface area contributed by atoms with Gasteiger partial charge in [-0.25, -0.2) is 18.6 Å². The number of hydrogen-bond donors (Lipinski definition) is 1. The van der Waals surface area contributed by atoms with E-state index in [1.807, 2.05) is 12.1 Å². The van der Waals surface area contributed by atoms with E-state index in [-0.39, 0.29) is 12.0 Å². The molecule has 2 aromatic carbocycles. The van der Waals surface area contributed by atoms with Crippen molar-refractivity contribution in [3.63, 3.8) is 0 Å². The second-order valence-corrected chi connectivity index (χ2v) is 12.8. The predicted molar refractivity (Wildman–Crippen MR) is 142 cm³/mol. The monoisotopic (exact) mass is 523 g/mol. The maximum atomic E-state index is 12.6. The predicted octanol–water partition coefficient (Wildman–Crippen LogP) is 3.86. The van der Waals surface area contributed by atoms with Crippen LogP contribution in [0, 0.1) is 17.8 Å². The SMILES string of the molecule is COC(=O)c1ccc(C=NNC(=O)CN(c2ccc(C34CC5CC(CC(C5)C3)C4)cc2)S(C)(=O)=O)cc1. The minimum atomic E-state index is -3.69. The normalized spacial score (nSPS) is 26.3. The van der Waals surface area contributed by atoms with Gasteiger partial charge in [-0.15, -0.1) is 0 Å². The van der Waals surface area contributed by atoms with Crippen LogP contribution in [-0.2, 0) is 25.0 Å². The Hall–Kier alpha value is -3.20. The van der Waals surface area contributed by atoms with Gasteiger partial charge in [0, 0.05) is 0 Å². The van der Waals surface area contributed by atoms with Crippen LogP contribution in [0.25, 0.3) is 0 Å². The molecular weight excluding hydrogens is 490 g/mol. The molecule has 1 amide bonds. The summed E-state index contributed by atoms with van der Waals surface area (Å²) in [5, 5.41) is 3.92. The lowest BCUT2D eigenvalue weighted by Crippen LogP contribution is -2.48. The molecule has 0 radical (unpaired) electrons. The van der Waals surface area contributed by atoms with Crippen LogP contribution in [0.1, 0.15) is 60.0 Å². The van der Waals surface area contributed by atoms with Gasteiger partial charge in [-0.2, -0.15) is 5.10 Å². The number of nitrogens with zero attached hydrogens (tertiary/aromatic N) is 2. The Labute approximate surface area is 218 Å². The van der Waals surface area contributed by atoms with Crippen molar-refractivity contribution in [2.45, 2.75) is 43.9 Å². The molecule has 0 spiro atoms. The van der Waals surface area contributed by atoms with Crippen LogP contribution >= 0.6 is 0 Å². The second kappa shape index (κ2) is 9.93. The number of sulfonamides is 1. The van der Waals surface area contributed by atoms with Gasteiger partial charge >= 0.3 is 5.97 Å². The Morgan fingerprint density at radius 2 is 1.57 bits per heavy atom. The summed E-state index contributed by atoms with van der Waals surface area (Å²) in [5.41, 5.74) is 5.44. The van der Waals surface area contributed by atoms with Crippen LogP contribution in [-0.4, -0.2) is 46.4 Å². The third-order valence-electron chi connectivity index (χ3n) is 8.23. The first-order chi connectivity index (χ1) is 17.6. The topological polar surface area (TPSA) is 105 Å². The highest BCUT2D eigenvalue weighted by Crippen LogP contribution is 2.60. The van der Waals surface area contributed by atoms with Crippen molar-refractivity contribution in [3.8, 4) is 0 Å². The zero-order valence-corrected chi connectivity index (χ0v) is 22.0. The van der Waals surface area contributed by atoms with Crippen LogP contribution in [0.4, 0.5) is 5.69 Å². The fourth-order valence-corrected chi connectivity index (χ4v) is 7.87. The molecule has 196 valence electrons. The van der Waals surface area contributed by atoms with Crippen molar-refractivity contribution in [2.75, 3.05) is 24.2 Å². The van der Waals surface area contributed by atoms with E-state index in [1.165, 1.54) is 57.4 Å². The van der Waals surface area contributed by atoms with E-state index < -0.39 is 21.9 Å². The number of amides is 1. The Morgan fingerprint density at radius 3 is 2.08 bits per heavy atom. The summed E-state index contributed by atoms with van der Waals surface area (Å²) in [7, 11) is -2.38. The van der Waals surface area contributed by atoms with Gasteiger partial charge in [-0.3, -0.25) is 9.10 Å². The Morgan fingerprint density at radius 1 is 1.00 bits per heavy atom. The molecule has 0 unspecified atom stereocenters.